The number of hydrogen-bond donors (Lipinski definition) is 2. The van der Waals surface area contributed by atoms with Gasteiger partial charge in [-0.2, -0.15) is 5.10 Å². The van der Waals surface area contributed by atoms with Crippen LogP contribution in [0.25, 0.3) is 0 Å². The Labute approximate surface area is 145 Å². The molecule has 6 nitrogen and oxygen atoms in total. The van der Waals surface area contributed by atoms with Crippen molar-refractivity contribution in [1.82, 2.24) is 25.4 Å². The van der Waals surface area contributed by atoms with Crippen molar-refractivity contribution in [2.75, 3.05) is 13.6 Å². The van der Waals surface area contributed by atoms with Gasteiger partial charge in [0, 0.05) is 26.1 Å². The Kier molecular flexibility index (Phi) is 6.10. The maximum absolute atomic E-state index is 4.47. The molecule has 1 unspecified atom stereocenters. The first-order valence-corrected chi connectivity index (χ1v) is 9.62. The van der Waals surface area contributed by atoms with E-state index in [2.05, 4.69) is 25.7 Å². The zero-order valence-electron chi connectivity index (χ0n) is 15.2. The van der Waals surface area contributed by atoms with Crippen LogP contribution in [-0.2, 0) is 13.0 Å². The molecule has 0 spiro atoms. The van der Waals surface area contributed by atoms with Crippen LogP contribution in [0.1, 0.15) is 63.0 Å². The summed E-state index contributed by atoms with van der Waals surface area (Å²) in [6.45, 7) is 3.84. The Balaban J connectivity index is 1.34. The normalized spacial score (nSPS) is 21.8. The van der Waals surface area contributed by atoms with Crippen molar-refractivity contribution in [3.8, 4) is 0 Å². The minimum Gasteiger partial charge on any atom is -0.356 e. The van der Waals surface area contributed by atoms with Crippen molar-refractivity contribution in [1.29, 1.82) is 0 Å². The highest BCUT2D eigenvalue weighted by atomic mass is 15.4. The Morgan fingerprint density at radius 2 is 2.08 bits per heavy atom. The summed E-state index contributed by atoms with van der Waals surface area (Å²) in [5.74, 6) is 3.90. The highest BCUT2D eigenvalue weighted by molar-refractivity contribution is 5.79. The van der Waals surface area contributed by atoms with E-state index in [1.54, 1.807) is 0 Å². The minimum atomic E-state index is 0.378. The molecule has 2 N–H and O–H groups in total. The van der Waals surface area contributed by atoms with Gasteiger partial charge >= 0.3 is 0 Å². The van der Waals surface area contributed by atoms with Gasteiger partial charge in [-0.15, -0.1) is 0 Å². The van der Waals surface area contributed by atoms with Crippen molar-refractivity contribution >= 4 is 5.96 Å². The van der Waals surface area contributed by atoms with Gasteiger partial charge in [-0.3, -0.25) is 4.99 Å². The first-order chi connectivity index (χ1) is 11.7. The van der Waals surface area contributed by atoms with Gasteiger partial charge in [0.25, 0.3) is 0 Å². The number of unbranched alkanes of at least 4 members (excludes halogenated alkanes) is 1. The molecule has 0 aromatic carbocycles. The maximum atomic E-state index is 4.47. The number of aromatic nitrogens is 3. The second-order valence-electron chi connectivity index (χ2n) is 7.28. The maximum Gasteiger partial charge on any atom is 0.191 e. The molecular weight excluding hydrogens is 300 g/mol. The van der Waals surface area contributed by atoms with Gasteiger partial charge in [0.1, 0.15) is 11.6 Å². The third-order valence-electron chi connectivity index (χ3n) is 5.33. The lowest BCUT2D eigenvalue weighted by atomic mass is 10.0. The summed E-state index contributed by atoms with van der Waals surface area (Å²) in [7, 11) is 1.85. The molecule has 1 atom stereocenters. The van der Waals surface area contributed by atoms with E-state index in [0.29, 0.717) is 6.04 Å². The van der Waals surface area contributed by atoms with Gasteiger partial charge in [-0.25, -0.2) is 9.67 Å². The molecule has 6 heteroatoms. The number of nitrogens with one attached hydrogen (secondary N) is 2. The van der Waals surface area contributed by atoms with E-state index in [4.69, 9.17) is 0 Å². The monoisotopic (exact) mass is 332 g/mol. The lowest BCUT2D eigenvalue weighted by Crippen LogP contribution is -2.47. The molecular formula is C18H32N6. The number of aliphatic imine (C=N–C) groups is 1. The molecule has 2 heterocycles. The van der Waals surface area contributed by atoms with Gasteiger partial charge in [-0.1, -0.05) is 38.5 Å². The molecule has 0 bridgehead atoms. The Hall–Kier alpha value is -1.59. The van der Waals surface area contributed by atoms with Gasteiger partial charge < -0.3 is 10.6 Å². The topological polar surface area (TPSA) is 67.1 Å². The van der Waals surface area contributed by atoms with Crippen molar-refractivity contribution in [2.24, 2.45) is 10.9 Å². The van der Waals surface area contributed by atoms with Crippen molar-refractivity contribution in [3.63, 3.8) is 0 Å². The summed E-state index contributed by atoms with van der Waals surface area (Å²) in [4.78, 5) is 8.83. The Bertz CT molecular complexity index is 544. The Morgan fingerprint density at radius 1 is 1.25 bits per heavy atom. The molecule has 134 valence electrons. The van der Waals surface area contributed by atoms with Gasteiger partial charge in [0.05, 0.1) is 6.54 Å². The highest BCUT2D eigenvalue weighted by Gasteiger charge is 2.21. The molecule has 3 rings (SSSR count). The second kappa shape index (κ2) is 8.49. The lowest BCUT2D eigenvalue weighted by molar-refractivity contribution is 0.392. The number of fused-ring (bicyclic) bond motifs is 1. The van der Waals surface area contributed by atoms with E-state index >= 15 is 0 Å². The average molecular weight is 332 g/mol. The molecule has 2 aliphatic rings. The van der Waals surface area contributed by atoms with Crippen LogP contribution in [0.15, 0.2) is 4.99 Å². The number of guanidine groups is 1. The fraction of sp³-hybridized carbons (Fsp3) is 0.833. The van der Waals surface area contributed by atoms with Crippen LogP contribution < -0.4 is 10.6 Å². The minimum absolute atomic E-state index is 0.378. The van der Waals surface area contributed by atoms with E-state index in [-0.39, 0.29) is 0 Å². The predicted molar refractivity (Wildman–Crippen MR) is 97.2 cm³/mol. The van der Waals surface area contributed by atoms with Crippen LogP contribution >= 0.6 is 0 Å². The molecule has 1 fully saturated rings. The van der Waals surface area contributed by atoms with Crippen LogP contribution in [0, 0.1) is 12.8 Å². The summed E-state index contributed by atoms with van der Waals surface area (Å²) < 4.78 is 2.03. The van der Waals surface area contributed by atoms with E-state index in [1.807, 2.05) is 18.7 Å². The molecule has 0 amide bonds. The zero-order valence-corrected chi connectivity index (χ0v) is 15.2. The molecule has 0 radical (unpaired) electrons. The fourth-order valence-corrected chi connectivity index (χ4v) is 4.00. The average Bonchev–Trinajstić information content (AvgIpc) is 3.21. The number of nitrogens with zero attached hydrogens (tertiary/aromatic N) is 4. The molecule has 1 aliphatic carbocycles. The summed E-state index contributed by atoms with van der Waals surface area (Å²) >= 11 is 0. The van der Waals surface area contributed by atoms with Crippen LogP contribution in [-0.4, -0.2) is 40.4 Å². The molecule has 1 aromatic rings. The fourth-order valence-electron chi connectivity index (χ4n) is 4.00. The van der Waals surface area contributed by atoms with Crippen molar-refractivity contribution in [3.05, 3.63) is 11.6 Å². The SMILES string of the molecule is CN=C(NCCCCC1CCCC1)NC1CCc2nc(C)nn2C1. The quantitative estimate of drug-likeness (QED) is 0.477. The summed E-state index contributed by atoms with van der Waals surface area (Å²) in [5.41, 5.74) is 0. The highest BCUT2D eigenvalue weighted by Crippen LogP contribution is 2.28. The van der Waals surface area contributed by atoms with Crippen molar-refractivity contribution < 1.29 is 0 Å². The Morgan fingerprint density at radius 3 is 2.88 bits per heavy atom. The van der Waals surface area contributed by atoms with E-state index in [0.717, 1.165) is 49.5 Å². The van der Waals surface area contributed by atoms with E-state index in [9.17, 15) is 0 Å². The van der Waals surface area contributed by atoms with Gasteiger partial charge in [0.2, 0.25) is 0 Å². The standard InChI is InChI=1S/C18H32N6/c1-14-21-17-11-10-16(13-24(17)23-14)22-18(19-2)20-12-6-5-9-15-7-3-4-8-15/h15-16H,3-13H2,1-2H3,(H2,19,20,22). The smallest absolute Gasteiger partial charge is 0.191 e. The van der Waals surface area contributed by atoms with Crippen LogP contribution in [0.5, 0.6) is 0 Å². The van der Waals surface area contributed by atoms with Crippen molar-refractivity contribution in [2.45, 2.75) is 77.3 Å². The lowest BCUT2D eigenvalue weighted by Gasteiger charge is -2.25. The number of aryl methyl sites for hydroxylation is 2. The van der Waals surface area contributed by atoms with E-state index in [1.165, 1.54) is 44.9 Å². The van der Waals surface area contributed by atoms with Crippen LogP contribution in [0.4, 0.5) is 0 Å². The summed E-state index contributed by atoms with van der Waals surface area (Å²) in [6, 6.07) is 0.378. The molecule has 0 saturated heterocycles. The second-order valence-corrected chi connectivity index (χ2v) is 7.28. The van der Waals surface area contributed by atoms with Gasteiger partial charge in [0.15, 0.2) is 5.96 Å². The van der Waals surface area contributed by atoms with Crippen LogP contribution in [0.3, 0.4) is 0 Å². The third-order valence-corrected chi connectivity index (χ3v) is 5.33. The summed E-state index contributed by atoms with van der Waals surface area (Å²) in [5, 5.41) is 11.5. The molecule has 1 aliphatic heterocycles. The predicted octanol–water partition coefficient (Wildman–Crippen LogP) is 2.43. The summed E-state index contributed by atoms with van der Waals surface area (Å²) in [6.07, 6.45) is 11.9. The number of rotatable bonds is 6. The largest absolute Gasteiger partial charge is 0.356 e. The van der Waals surface area contributed by atoms with Crippen LogP contribution in [0.2, 0.25) is 0 Å². The molecule has 1 aromatic heterocycles. The van der Waals surface area contributed by atoms with E-state index < -0.39 is 0 Å². The zero-order chi connectivity index (χ0) is 16.8. The third kappa shape index (κ3) is 4.71. The van der Waals surface area contributed by atoms with Gasteiger partial charge in [-0.05, 0) is 25.7 Å². The molecule has 1 saturated carbocycles. The first-order valence-electron chi connectivity index (χ1n) is 9.62. The molecule has 24 heavy (non-hydrogen) atoms. The number of hydrogen-bond acceptors (Lipinski definition) is 3. The first kappa shape index (κ1) is 17.2.